The third kappa shape index (κ3) is 4.88. The van der Waals surface area contributed by atoms with E-state index in [1.54, 1.807) is 0 Å². The van der Waals surface area contributed by atoms with Crippen LogP contribution >= 0.6 is 0 Å². The molecule has 0 unspecified atom stereocenters. The van der Waals surface area contributed by atoms with Gasteiger partial charge in [0.05, 0.1) is 29.4 Å². The number of halogens is 4. The highest BCUT2D eigenvalue weighted by atomic mass is 19.4. The van der Waals surface area contributed by atoms with Gasteiger partial charge in [0.25, 0.3) is 5.69 Å². The summed E-state index contributed by atoms with van der Waals surface area (Å²) in [7, 11) is 0. The first kappa shape index (κ1) is 19.1. The fourth-order valence-corrected chi connectivity index (χ4v) is 2.03. The minimum atomic E-state index is -4.60. The lowest BCUT2D eigenvalue weighted by molar-refractivity contribution is -0.385. The second kappa shape index (κ2) is 7.76. The largest absolute Gasteiger partial charge is 0.462 e. The van der Waals surface area contributed by atoms with Crippen molar-refractivity contribution in [1.82, 2.24) is 10.2 Å². The highest BCUT2D eigenvalue weighted by Crippen LogP contribution is 2.30. The number of ether oxygens (including phenoxy) is 1. The molecule has 0 fully saturated rings. The van der Waals surface area contributed by atoms with Gasteiger partial charge in [-0.3, -0.25) is 15.2 Å². The number of hydrogen-bond acceptors (Lipinski definition) is 5. The van der Waals surface area contributed by atoms with E-state index in [-0.39, 0.29) is 24.2 Å². The van der Waals surface area contributed by atoms with Crippen LogP contribution in [0.1, 0.15) is 16.8 Å². The Morgan fingerprint density at radius 2 is 2.12 bits per heavy atom. The zero-order valence-corrected chi connectivity index (χ0v) is 12.9. The molecule has 1 aromatic carbocycles. The maximum Gasteiger partial charge on any atom is 0.433 e. The molecule has 0 aliphatic heterocycles. The van der Waals surface area contributed by atoms with Crippen LogP contribution < -0.4 is 0 Å². The first-order valence-electron chi connectivity index (χ1n) is 7.06. The van der Waals surface area contributed by atoms with Gasteiger partial charge >= 0.3 is 12.1 Å². The van der Waals surface area contributed by atoms with Crippen molar-refractivity contribution in [1.29, 1.82) is 0 Å². The molecule has 0 bridgehead atoms. The average Bonchev–Trinajstić information content (AvgIpc) is 3.02. The minimum absolute atomic E-state index is 0.0254. The van der Waals surface area contributed by atoms with Crippen molar-refractivity contribution in [3.8, 4) is 0 Å². The van der Waals surface area contributed by atoms with E-state index in [1.165, 1.54) is 0 Å². The highest BCUT2D eigenvalue weighted by Gasteiger charge is 2.35. The molecule has 0 radical (unpaired) electrons. The molecule has 11 heteroatoms. The first-order valence-corrected chi connectivity index (χ1v) is 7.06. The Morgan fingerprint density at radius 3 is 2.77 bits per heavy atom. The molecule has 7 nitrogen and oxygen atoms in total. The molecule has 2 aromatic rings. The van der Waals surface area contributed by atoms with E-state index in [0.29, 0.717) is 6.07 Å². The number of carbonyl (C=O) groups excluding carboxylic acids is 1. The van der Waals surface area contributed by atoms with Gasteiger partial charge in [0.1, 0.15) is 11.5 Å². The van der Waals surface area contributed by atoms with Crippen LogP contribution in [-0.2, 0) is 22.1 Å². The van der Waals surface area contributed by atoms with Crippen LogP contribution in [0.25, 0.3) is 6.08 Å². The van der Waals surface area contributed by atoms with Crippen molar-refractivity contribution in [3.05, 3.63) is 63.2 Å². The second-order valence-electron chi connectivity index (χ2n) is 4.98. The van der Waals surface area contributed by atoms with Crippen LogP contribution in [0, 0.1) is 15.9 Å². The van der Waals surface area contributed by atoms with Crippen LogP contribution in [0.15, 0.2) is 30.5 Å². The van der Waals surface area contributed by atoms with E-state index < -0.39 is 34.3 Å². The summed E-state index contributed by atoms with van der Waals surface area (Å²) in [6, 6.07) is 2.79. The number of esters is 1. The zero-order chi connectivity index (χ0) is 19.3. The van der Waals surface area contributed by atoms with E-state index >= 15 is 0 Å². The topological polar surface area (TPSA) is 98.1 Å². The van der Waals surface area contributed by atoms with Gasteiger partial charge in [0.2, 0.25) is 0 Å². The molecule has 0 saturated carbocycles. The normalized spacial score (nSPS) is 11.7. The second-order valence-corrected chi connectivity index (χ2v) is 4.98. The van der Waals surface area contributed by atoms with E-state index in [1.807, 2.05) is 5.10 Å². The van der Waals surface area contributed by atoms with E-state index in [2.05, 4.69) is 5.10 Å². The van der Waals surface area contributed by atoms with Crippen LogP contribution in [0.4, 0.5) is 23.2 Å². The molecule has 1 N–H and O–H groups in total. The van der Waals surface area contributed by atoms with Crippen molar-refractivity contribution in [2.75, 3.05) is 6.61 Å². The van der Waals surface area contributed by atoms with E-state index in [4.69, 9.17) is 4.74 Å². The molecule has 0 aliphatic rings. The lowest BCUT2D eigenvalue weighted by Crippen LogP contribution is -2.11. The summed E-state index contributed by atoms with van der Waals surface area (Å²) in [4.78, 5) is 21.6. The Bertz CT molecular complexity index is 846. The lowest BCUT2D eigenvalue weighted by Gasteiger charge is -2.06. The summed E-state index contributed by atoms with van der Waals surface area (Å²) >= 11 is 0. The van der Waals surface area contributed by atoms with Gasteiger partial charge in [0, 0.05) is 18.1 Å². The maximum absolute atomic E-state index is 13.0. The number of alkyl halides is 3. The van der Waals surface area contributed by atoms with Crippen LogP contribution in [-0.4, -0.2) is 27.7 Å². The predicted octanol–water partition coefficient (Wildman–Crippen LogP) is 3.27. The molecule has 26 heavy (non-hydrogen) atoms. The minimum Gasteiger partial charge on any atom is -0.462 e. The fraction of sp³-hybridized carbons (Fsp3) is 0.200. The van der Waals surface area contributed by atoms with Crippen molar-refractivity contribution >= 4 is 17.7 Å². The summed E-state index contributed by atoms with van der Waals surface area (Å²) < 4.78 is 55.7. The van der Waals surface area contributed by atoms with Gasteiger partial charge < -0.3 is 4.74 Å². The molecule has 0 atom stereocenters. The number of rotatable bonds is 6. The highest BCUT2D eigenvalue weighted by molar-refractivity contribution is 5.87. The number of carbonyl (C=O) groups is 1. The fourth-order valence-electron chi connectivity index (χ4n) is 2.03. The summed E-state index contributed by atoms with van der Waals surface area (Å²) in [6.07, 6.45) is -1.92. The summed E-state index contributed by atoms with van der Waals surface area (Å²) in [5, 5.41) is 16.0. The quantitative estimate of drug-likeness (QED) is 0.276. The first-order chi connectivity index (χ1) is 12.2. The SMILES string of the molecule is O=C(C=Cc1ccc(F)cc1[N+](=O)[O-])OCCc1cn[nH]c1C(F)(F)F. The molecular weight excluding hydrogens is 362 g/mol. The number of benzene rings is 1. The monoisotopic (exact) mass is 373 g/mol. The van der Waals surface area contributed by atoms with Crippen molar-refractivity contribution in [3.63, 3.8) is 0 Å². The predicted molar refractivity (Wildman–Crippen MR) is 80.3 cm³/mol. The zero-order valence-electron chi connectivity index (χ0n) is 12.9. The van der Waals surface area contributed by atoms with Gasteiger partial charge in [-0.2, -0.15) is 18.3 Å². The van der Waals surface area contributed by atoms with Gasteiger partial charge in [-0.1, -0.05) is 0 Å². The summed E-state index contributed by atoms with van der Waals surface area (Å²) in [5.74, 6) is -1.72. The molecule has 0 spiro atoms. The maximum atomic E-state index is 13.0. The number of nitro benzene ring substituents is 1. The van der Waals surface area contributed by atoms with Crippen molar-refractivity contribution < 1.29 is 32.0 Å². The Morgan fingerprint density at radius 1 is 1.38 bits per heavy atom. The third-order valence-corrected chi connectivity index (χ3v) is 3.21. The Hall–Kier alpha value is -3.24. The van der Waals surface area contributed by atoms with Crippen molar-refractivity contribution in [2.24, 2.45) is 0 Å². The van der Waals surface area contributed by atoms with Crippen LogP contribution in [0.3, 0.4) is 0 Å². The van der Waals surface area contributed by atoms with E-state index in [0.717, 1.165) is 30.5 Å². The molecule has 0 aliphatic carbocycles. The Labute approximate surface area is 143 Å². The number of hydrogen-bond donors (Lipinski definition) is 1. The van der Waals surface area contributed by atoms with Gasteiger partial charge in [0.15, 0.2) is 0 Å². The third-order valence-electron chi connectivity index (χ3n) is 3.21. The van der Waals surface area contributed by atoms with E-state index in [9.17, 15) is 32.5 Å². The Balaban J connectivity index is 1.95. The molecule has 0 saturated heterocycles. The number of H-pyrrole nitrogens is 1. The number of nitro groups is 1. The van der Waals surface area contributed by atoms with Crippen LogP contribution in [0.2, 0.25) is 0 Å². The van der Waals surface area contributed by atoms with Crippen LogP contribution in [0.5, 0.6) is 0 Å². The molecule has 1 aromatic heterocycles. The molecule has 138 valence electrons. The molecule has 0 amide bonds. The molecule has 2 rings (SSSR count). The standard InChI is InChI=1S/C15H11F4N3O4/c16-11-3-1-9(12(7-11)22(24)25)2-4-13(23)26-6-5-10-8-20-21-14(10)15(17,18)19/h1-4,7-8H,5-6H2,(H,20,21). The summed E-state index contributed by atoms with van der Waals surface area (Å²) in [5.41, 5.74) is -1.75. The number of aromatic amines is 1. The number of aromatic nitrogens is 2. The van der Waals surface area contributed by atoms with Crippen molar-refractivity contribution in [2.45, 2.75) is 12.6 Å². The van der Waals surface area contributed by atoms with Gasteiger partial charge in [-0.15, -0.1) is 0 Å². The summed E-state index contributed by atoms with van der Waals surface area (Å²) in [6.45, 7) is -0.350. The average molecular weight is 373 g/mol. The molecular formula is C15H11F4N3O4. The number of nitrogens with zero attached hydrogens (tertiary/aromatic N) is 2. The lowest BCUT2D eigenvalue weighted by atomic mass is 10.1. The Kier molecular flexibility index (Phi) is 5.70. The molecule has 1 heterocycles. The van der Waals surface area contributed by atoms with Gasteiger partial charge in [-0.05, 0) is 18.2 Å². The smallest absolute Gasteiger partial charge is 0.433 e. The van der Waals surface area contributed by atoms with Gasteiger partial charge in [-0.25, -0.2) is 9.18 Å². The number of nitrogens with one attached hydrogen (secondary N) is 1.